The maximum absolute atomic E-state index is 14.8. The number of carbonyl (C=O) groups excluding carboxylic acids is 1. The van der Waals surface area contributed by atoms with E-state index in [0.717, 1.165) is 16.8 Å². The van der Waals surface area contributed by atoms with E-state index in [1.807, 2.05) is 19.9 Å². The lowest BCUT2D eigenvalue weighted by Crippen LogP contribution is -2.24. The fraction of sp³-hybridized carbons (Fsp3) is 0.174. The molecule has 2 N–H and O–H groups in total. The monoisotopic (exact) mass is 471 g/mol. The number of nitrogens with one attached hydrogen (secondary N) is 2. The molecule has 32 heavy (non-hydrogen) atoms. The summed E-state index contributed by atoms with van der Waals surface area (Å²) >= 11 is 12.5. The smallest absolute Gasteiger partial charge is 0.254 e. The third-order valence-electron chi connectivity index (χ3n) is 5.15. The van der Waals surface area contributed by atoms with Crippen LogP contribution in [0.2, 0.25) is 10.0 Å². The van der Waals surface area contributed by atoms with Gasteiger partial charge in [-0.25, -0.2) is 9.37 Å². The molecule has 0 aliphatic carbocycles. The Morgan fingerprint density at radius 1 is 1.16 bits per heavy atom. The fourth-order valence-electron chi connectivity index (χ4n) is 3.42. The number of anilines is 2. The van der Waals surface area contributed by atoms with E-state index in [4.69, 9.17) is 23.2 Å². The summed E-state index contributed by atoms with van der Waals surface area (Å²) in [6, 6.07) is 9.82. The molecule has 4 rings (SSSR count). The first-order chi connectivity index (χ1) is 15.2. The molecule has 0 atom stereocenters. The Morgan fingerprint density at radius 2 is 1.88 bits per heavy atom. The average molecular weight is 472 g/mol. The molecule has 0 aliphatic heterocycles. The SMILES string of the molecule is Cc1cnc(CNC(=O)c2cc3nc(Nc4c(Cl)cccc4Cl)n(C)c3cc2F)c(C)c1. The fourth-order valence-corrected chi connectivity index (χ4v) is 3.91. The van der Waals surface area contributed by atoms with E-state index < -0.39 is 11.7 Å². The van der Waals surface area contributed by atoms with E-state index in [0.29, 0.717) is 32.7 Å². The minimum absolute atomic E-state index is 0.0947. The molecule has 4 aromatic rings. The van der Waals surface area contributed by atoms with Crippen LogP contribution in [-0.2, 0) is 13.6 Å². The molecule has 2 aromatic carbocycles. The normalized spacial score (nSPS) is 11.1. The molecule has 0 radical (unpaired) electrons. The highest BCUT2D eigenvalue weighted by Crippen LogP contribution is 2.33. The van der Waals surface area contributed by atoms with Crippen molar-refractivity contribution in [1.82, 2.24) is 19.9 Å². The molecule has 0 spiro atoms. The lowest BCUT2D eigenvalue weighted by Gasteiger charge is -2.10. The molecule has 2 heterocycles. The number of halogens is 3. The van der Waals surface area contributed by atoms with Crippen molar-refractivity contribution in [2.45, 2.75) is 20.4 Å². The highest BCUT2D eigenvalue weighted by atomic mass is 35.5. The van der Waals surface area contributed by atoms with E-state index in [1.54, 1.807) is 36.0 Å². The van der Waals surface area contributed by atoms with Gasteiger partial charge in [-0.05, 0) is 43.2 Å². The second-order valence-electron chi connectivity index (χ2n) is 7.50. The third kappa shape index (κ3) is 4.26. The molecule has 2 aromatic heterocycles. The number of carbonyl (C=O) groups is 1. The summed E-state index contributed by atoms with van der Waals surface area (Å²) in [5.74, 6) is -0.777. The van der Waals surface area contributed by atoms with E-state index >= 15 is 0 Å². The molecule has 0 saturated carbocycles. The highest BCUT2D eigenvalue weighted by Gasteiger charge is 2.18. The molecule has 0 aliphatic rings. The summed E-state index contributed by atoms with van der Waals surface area (Å²) in [6.07, 6.45) is 1.73. The van der Waals surface area contributed by atoms with E-state index in [2.05, 4.69) is 20.6 Å². The number of aryl methyl sites for hydroxylation is 3. The first-order valence-corrected chi connectivity index (χ1v) is 10.6. The summed E-state index contributed by atoms with van der Waals surface area (Å²) in [5, 5.41) is 6.66. The first kappa shape index (κ1) is 22.0. The number of fused-ring (bicyclic) bond motifs is 1. The van der Waals surface area contributed by atoms with Crippen molar-refractivity contribution in [3.8, 4) is 0 Å². The lowest BCUT2D eigenvalue weighted by atomic mass is 10.1. The van der Waals surface area contributed by atoms with Crippen LogP contribution in [0.15, 0.2) is 42.6 Å². The number of hydrogen-bond acceptors (Lipinski definition) is 4. The molecule has 6 nitrogen and oxygen atoms in total. The summed E-state index contributed by atoms with van der Waals surface area (Å²) in [6.45, 7) is 4.06. The molecular weight excluding hydrogens is 452 g/mol. The number of hydrogen-bond donors (Lipinski definition) is 2. The van der Waals surface area contributed by atoms with Gasteiger partial charge in [0, 0.05) is 19.3 Å². The average Bonchev–Trinajstić information content (AvgIpc) is 3.04. The van der Waals surface area contributed by atoms with Crippen LogP contribution in [0.1, 0.15) is 27.2 Å². The van der Waals surface area contributed by atoms with Gasteiger partial charge in [0.2, 0.25) is 5.95 Å². The van der Waals surface area contributed by atoms with Gasteiger partial charge in [-0.1, -0.05) is 35.3 Å². The van der Waals surface area contributed by atoms with Crippen molar-refractivity contribution >= 4 is 51.8 Å². The van der Waals surface area contributed by atoms with Gasteiger partial charge in [-0.15, -0.1) is 0 Å². The molecule has 164 valence electrons. The Balaban J connectivity index is 1.61. The minimum atomic E-state index is -0.645. The molecule has 0 bridgehead atoms. The Morgan fingerprint density at radius 3 is 2.56 bits per heavy atom. The van der Waals surface area contributed by atoms with Crippen molar-refractivity contribution in [2.75, 3.05) is 5.32 Å². The number of imidazole rings is 1. The van der Waals surface area contributed by atoms with Crippen molar-refractivity contribution in [3.05, 3.63) is 80.8 Å². The van der Waals surface area contributed by atoms with Crippen LogP contribution in [0.5, 0.6) is 0 Å². The molecule has 0 fully saturated rings. The van der Waals surface area contributed by atoms with Gasteiger partial charge in [0.15, 0.2) is 0 Å². The predicted molar refractivity (Wildman–Crippen MR) is 125 cm³/mol. The van der Waals surface area contributed by atoms with Crippen LogP contribution >= 0.6 is 23.2 Å². The Kier molecular flexibility index (Phi) is 6.04. The van der Waals surface area contributed by atoms with Gasteiger partial charge < -0.3 is 15.2 Å². The number of nitrogens with zero attached hydrogens (tertiary/aromatic N) is 3. The van der Waals surface area contributed by atoms with E-state index in [1.165, 1.54) is 12.1 Å². The van der Waals surface area contributed by atoms with Crippen LogP contribution in [0, 0.1) is 19.7 Å². The first-order valence-electron chi connectivity index (χ1n) is 9.82. The van der Waals surface area contributed by atoms with Crippen molar-refractivity contribution in [1.29, 1.82) is 0 Å². The van der Waals surface area contributed by atoms with Gasteiger partial charge in [0.25, 0.3) is 5.91 Å². The number of pyridine rings is 1. The highest BCUT2D eigenvalue weighted by molar-refractivity contribution is 6.39. The largest absolute Gasteiger partial charge is 0.346 e. The summed E-state index contributed by atoms with van der Waals surface area (Å²) < 4.78 is 16.5. The van der Waals surface area contributed by atoms with Crippen molar-refractivity contribution in [3.63, 3.8) is 0 Å². The zero-order chi connectivity index (χ0) is 23.0. The maximum Gasteiger partial charge on any atom is 0.254 e. The molecule has 0 saturated heterocycles. The molecule has 1 amide bonds. The Bertz CT molecular complexity index is 1330. The van der Waals surface area contributed by atoms with Gasteiger partial charge in [-0.2, -0.15) is 0 Å². The number of amides is 1. The minimum Gasteiger partial charge on any atom is -0.346 e. The van der Waals surface area contributed by atoms with Crippen LogP contribution in [-0.4, -0.2) is 20.4 Å². The number of rotatable bonds is 5. The summed E-state index contributed by atoms with van der Waals surface area (Å²) in [4.78, 5) is 21.5. The van der Waals surface area contributed by atoms with Crippen LogP contribution in [0.4, 0.5) is 16.0 Å². The van der Waals surface area contributed by atoms with Crippen LogP contribution < -0.4 is 10.6 Å². The van der Waals surface area contributed by atoms with Crippen LogP contribution in [0.25, 0.3) is 11.0 Å². The number of benzene rings is 2. The second-order valence-corrected chi connectivity index (χ2v) is 8.31. The van der Waals surface area contributed by atoms with Gasteiger partial charge >= 0.3 is 0 Å². The number of aromatic nitrogens is 3. The quantitative estimate of drug-likeness (QED) is 0.391. The van der Waals surface area contributed by atoms with Crippen molar-refractivity contribution < 1.29 is 9.18 Å². The molecule has 9 heteroatoms. The second kappa shape index (κ2) is 8.76. The standard InChI is InChI=1S/C23H20Cl2FN5O/c1-12-7-13(2)19(27-10-12)11-28-22(32)14-8-18-20(9-17(14)26)31(3)23(29-18)30-21-15(24)5-4-6-16(21)25/h4-10H,11H2,1-3H3,(H,28,32)(H,29,30). The maximum atomic E-state index is 14.8. The van der Waals surface area contributed by atoms with Gasteiger partial charge in [0.05, 0.1) is 44.6 Å². The predicted octanol–water partition coefficient (Wildman–Crippen LogP) is 5.70. The Hall–Kier alpha value is -3.16. The zero-order valence-electron chi connectivity index (χ0n) is 17.6. The van der Waals surface area contributed by atoms with Gasteiger partial charge in [-0.3, -0.25) is 9.78 Å². The van der Waals surface area contributed by atoms with Crippen molar-refractivity contribution in [2.24, 2.45) is 7.05 Å². The van der Waals surface area contributed by atoms with Crippen LogP contribution in [0.3, 0.4) is 0 Å². The molecular formula is C23H20Cl2FN5O. The summed E-state index contributed by atoms with van der Waals surface area (Å²) in [5.41, 5.74) is 4.09. The zero-order valence-corrected chi connectivity index (χ0v) is 19.1. The topological polar surface area (TPSA) is 71.8 Å². The molecule has 0 unspecified atom stereocenters. The van der Waals surface area contributed by atoms with E-state index in [9.17, 15) is 9.18 Å². The van der Waals surface area contributed by atoms with E-state index in [-0.39, 0.29) is 12.1 Å². The third-order valence-corrected chi connectivity index (χ3v) is 5.78. The number of para-hydroxylation sites is 1. The Labute approximate surface area is 194 Å². The van der Waals surface area contributed by atoms with Gasteiger partial charge in [0.1, 0.15) is 5.82 Å². The lowest BCUT2D eigenvalue weighted by molar-refractivity contribution is 0.0946. The summed E-state index contributed by atoms with van der Waals surface area (Å²) in [7, 11) is 1.73.